The first-order valence-electron chi connectivity index (χ1n) is 11.8. The highest BCUT2D eigenvalue weighted by Crippen LogP contribution is 2.25. The van der Waals surface area contributed by atoms with Gasteiger partial charge in [0.1, 0.15) is 11.9 Å². The molecule has 10 heteroatoms. The number of urea groups is 1. The lowest BCUT2D eigenvalue weighted by atomic mass is 10.0. The van der Waals surface area contributed by atoms with Crippen molar-refractivity contribution in [2.45, 2.75) is 51.0 Å². The van der Waals surface area contributed by atoms with Gasteiger partial charge in [0.05, 0.1) is 12.6 Å². The van der Waals surface area contributed by atoms with E-state index in [0.29, 0.717) is 23.7 Å². The van der Waals surface area contributed by atoms with Gasteiger partial charge < -0.3 is 25.0 Å². The number of imidazole rings is 1. The second kappa shape index (κ2) is 11.5. The van der Waals surface area contributed by atoms with Gasteiger partial charge in [-0.05, 0) is 44.0 Å². The number of H-pyrrole nitrogens is 1. The van der Waals surface area contributed by atoms with Crippen molar-refractivity contribution in [1.82, 2.24) is 20.2 Å². The number of hydrogen-bond acceptors (Lipinski definition) is 5. The summed E-state index contributed by atoms with van der Waals surface area (Å²) in [6.07, 6.45) is 0.776. The number of nitrogens with zero attached hydrogens (tertiary/aromatic N) is 2. The molecule has 3 unspecified atom stereocenters. The normalized spacial score (nSPS) is 18.9. The van der Waals surface area contributed by atoms with Crippen LogP contribution in [0.25, 0.3) is 0 Å². The van der Waals surface area contributed by atoms with E-state index in [1.165, 1.54) is 0 Å². The molecule has 4 N–H and O–H groups in total. The fourth-order valence-corrected chi connectivity index (χ4v) is 4.46. The minimum Gasteiger partial charge on any atom is -0.488 e. The predicted octanol–water partition coefficient (Wildman–Crippen LogP) is 3.53. The van der Waals surface area contributed by atoms with E-state index in [0.717, 1.165) is 11.3 Å². The van der Waals surface area contributed by atoms with Crippen molar-refractivity contribution in [3.63, 3.8) is 0 Å². The summed E-state index contributed by atoms with van der Waals surface area (Å²) in [4.78, 5) is 34.7. The number of carbonyl (C=O) groups excluding carboxylic acids is 2. The van der Waals surface area contributed by atoms with E-state index in [1.54, 1.807) is 30.2 Å². The highest BCUT2D eigenvalue weighted by molar-refractivity contribution is 6.30. The molecular formula is C26H30ClN5O4. The van der Waals surface area contributed by atoms with Gasteiger partial charge in [-0.2, -0.15) is 0 Å². The van der Waals surface area contributed by atoms with Gasteiger partial charge in [0, 0.05) is 29.4 Å². The Kier molecular flexibility index (Phi) is 8.12. The maximum Gasteiger partial charge on any atom is 0.318 e. The van der Waals surface area contributed by atoms with Crippen LogP contribution >= 0.6 is 11.6 Å². The fourth-order valence-electron chi connectivity index (χ4n) is 4.28. The third kappa shape index (κ3) is 6.56. The number of hydrogen-bond donors (Lipinski definition) is 4. The molecule has 2 aromatic carbocycles. The number of anilines is 1. The van der Waals surface area contributed by atoms with Crippen LogP contribution in [0.5, 0.6) is 5.75 Å². The Labute approximate surface area is 214 Å². The Balaban J connectivity index is 1.43. The lowest BCUT2D eigenvalue weighted by Crippen LogP contribution is -2.54. The summed E-state index contributed by atoms with van der Waals surface area (Å²) in [5, 5.41) is 16.9. The maximum atomic E-state index is 13.3. The summed E-state index contributed by atoms with van der Waals surface area (Å²) in [7, 11) is 0. The molecule has 3 aromatic rings. The van der Waals surface area contributed by atoms with Crippen molar-refractivity contribution in [2.75, 3.05) is 11.9 Å². The van der Waals surface area contributed by atoms with E-state index in [1.807, 2.05) is 49.4 Å². The molecule has 0 saturated carbocycles. The zero-order valence-corrected chi connectivity index (χ0v) is 20.9. The van der Waals surface area contributed by atoms with Crippen LogP contribution < -0.4 is 15.4 Å². The molecule has 1 aliphatic heterocycles. The van der Waals surface area contributed by atoms with Gasteiger partial charge in [0.15, 0.2) is 6.10 Å². The summed E-state index contributed by atoms with van der Waals surface area (Å²) >= 11 is 6.05. The molecule has 4 rings (SSSR count). The summed E-state index contributed by atoms with van der Waals surface area (Å²) in [6, 6.07) is 15.2. The Hall–Kier alpha value is -3.56. The number of aromatic amines is 1. The topological polar surface area (TPSA) is 120 Å². The molecule has 0 bridgehead atoms. The number of aliphatic hydroxyl groups is 1. The van der Waals surface area contributed by atoms with Crippen LogP contribution in [-0.4, -0.2) is 62.7 Å². The lowest BCUT2D eigenvalue weighted by Gasteiger charge is -2.28. The second-order valence-electron chi connectivity index (χ2n) is 9.03. The molecule has 1 fully saturated rings. The third-order valence-electron chi connectivity index (χ3n) is 6.10. The van der Waals surface area contributed by atoms with Gasteiger partial charge in [0.2, 0.25) is 5.95 Å². The minimum absolute atomic E-state index is 0.0939. The second-order valence-corrected chi connectivity index (χ2v) is 9.47. The quantitative estimate of drug-likeness (QED) is 0.369. The van der Waals surface area contributed by atoms with E-state index < -0.39 is 18.1 Å². The fraction of sp³-hybridized carbons (Fsp3) is 0.346. The summed E-state index contributed by atoms with van der Waals surface area (Å²) in [5.74, 6) is 0.210. The number of aryl methyl sites for hydroxylation is 1. The van der Waals surface area contributed by atoms with Crippen LogP contribution in [-0.2, 0) is 11.2 Å². The van der Waals surface area contributed by atoms with Crippen LogP contribution in [0.2, 0.25) is 5.02 Å². The summed E-state index contributed by atoms with van der Waals surface area (Å²) in [5.41, 5.74) is 1.65. The van der Waals surface area contributed by atoms with Crippen molar-refractivity contribution in [3.8, 4) is 5.75 Å². The number of aliphatic hydroxyl groups excluding tert-OH is 1. The van der Waals surface area contributed by atoms with Gasteiger partial charge in [-0.25, -0.2) is 9.78 Å². The number of likely N-dealkylation sites (tertiary alicyclic amines) is 1. The smallest absolute Gasteiger partial charge is 0.318 e. The molecule has 0 aliphatic carbocycles. The highest BCUT2D eigenvalue weighted by Gasteiger charge is 2.36. The molecule has 1 saturated heterocycles. The Bertz CT molecular complexity index is 1190. The van der Waals surface area contributed by atoms with Crippen LogP contribution in [0.1, 0.15) is 24.6 Å². The van der Waals surface area contributed by atoms with Crippen molar-refractivity contribution < 1.29 is 19.4 Å². The number of halogens is 1. The molecular weight excluding hydrogens is 482 g/mol. The minimum atomic E-state index is -1.50. The zero-order valence-electron chi connectivity index (χ0n) is 20.1. The molecule has 1 aromatic heterocycles. The number of ether oxygens (including phenoxy) is 1. The molecule has 9 nitrogen and oxygen atoms in total. The van der Waals surface area contributed by atoms with Crippen molar-refractivity contribution in [3.05, 3.63) is 77.1 Å². The molecule has 36 heavy (non-hydrogen) atoms. The monoisotopic (exact) mass is 511 g/mol. The number of aromatic nitrogens is 2. The van der Waals surface area contributed by atoms with Crippen LogP contribution in [0.15, 0.2) is 60.8 Å². The van der Waals surface area contributed by atoms with Gasteiger partial charge in [-0.15, -0.1) is 0 Å². The molecule has 3 amide bonds. The van der Waals surface area contributed by atoms with Crippen LogP contribution in [0.4, 0.5) is 10.7 Å². The van der Waals surface area contributed by atoms with Crippen molar-refractivity contribution in [1.29, 1.82) is 0 Å². The van der Waals surface area contributed by atoms with Crippen LogP contribution in [0, 0.1) is 6.92 Å². The number of carbonyl (C=O) groups is 2. The average molecular weight is 512 g/mol. The zero-order chi connectivity index (χ0) is 25.7. The standard InChI is InChI=1S/C26H30ClN5O4/c1-16-14-28-25(29-16)31-24(34)23(33)22(12-18-7-4-3-5-8-18)30-26(35)32-15-21(11-17(32)2)36-20-10-6-9-19(27)13-20/h3-10,13-14,17,21-23,33H,11-12,15H2,1-2H3,(H,30,35)(H2,28,29,31,34)/t17?,21-,22?,23?/m1/s1. The average Bonchev–Trinajstić information content (AvgIpc) is 3.43. The first kappa shape index (κ1) is 25.5. The number of amides is 3. The molecule has 0 spiro atoms. The van der Waals surface area contributed by atoms with E-state index in [2.05, 4.69) is 20.6 Å². The van der Waals surface area contributed by atoms with Gasteiger partial charge in [0.25, 0.3) is 5.91 Å². The van der Waals surface area contributed by atoms with Crippen LogP contribution in [0.3, 0.4) is 0 Å². The molecule has 4 atom stereocenters. The number of nitrogens with one attached hydrogen (secondary N) is 3. The Morgan fingerprint density at radius 1 is 1.25 bits per heavy atom. The Morgan fingerprint density at radius 3 is 2.72 bits per heavy atom. The molecule has 1 aliphatic rings. The van der Waals surface area contributed by atoms with Gasteiger partial charge in [-0.3, -0.25) is 10.1 Å². The highest BCUT2D eigenvalue weighted by atomic mass is 35.5. The van der Waals surface area contributed by atoms with Gasteiger partial charge in [-0.1, -0.05) is 48.0 Å². The van der Waals surface area contributed by atoms with Gasteiger partial charge >= 0.3 is 6.03 Å². The van der Waals surface area contributed by atoms with E-state index in [4.69, 9.17) is 16.3 Å². The van der Waals surface area contributed by atoms with Crippen molar-refractivity contribution in [2.24, 2.45) is 0 Å². The molecule has 190 valence electrons. The first-order valence-corrected chi connectivity index (χ1v) is 12.2. The number of rotatable bonds is 8. The first-order chi connectivity index (χ1) is 17.3. The molecule has 0 radical (unpaired) electrons. The summed E-state index contributed by atoms with van der Waals surface area (Å²) in [6.45, 7) is 4.11. The van der Waals surface area contributed by atoms with E-state index in [-0.39, 0.29) is 30.5 Å². The maximum absolute atomic E-state index is 13.3. The largest absolute Gasteiger partial charge is 0.488 e. The predicted molar refractivity (Wildman–Crippen MR) is 137 cm³/mol. The molecule has 2 heterocycles. The van der Waals surface area contributed by atoms with E-state index >= 15 is 0 Å². The third-order valence-corrected chi connectivity index (χ3v) is 6.33. The SMILES string of the molecule is Cc1cnc(NC(=O)C(O)C(Cc2ccccc2)NC(=O)N2C[C@H](Oc3cccc(Cl)c3)CC2C)[nH]1. The van der Waals surface area contributed by atoms with E-state index in [9.17, 15) is 14.7 Å². The lowest BCUT2D eigenvalue weighted by molar-refractivity contribution is -0.125. The van der Waals surface area contributed by atoms with Crippen molar-refractivity contribution >= 4 is 29.5 Å². The Morgan fingerprint density at radius 2 is 2.03 bits per heavy atom. The number of benzene rings is 2. The summed E-state index contributed by atoms with van der Waals surface area (Å²) < 4.78 is 6.03.